The molecule has 1 fully saturated rings. The zero-order valence-electron chi connectivity index (χ0n) is 13.9. The van der Waals surface area contributed by atoms with Gasteiger partial charge in [0.2, 0.25) is 0 Å². The van der Waals surface area contributed by atoms with Crippen LogP contribution in [-0.4, -0.2) is 33.9 Å². The third kappa shape index (κ3) is 3.69. The molecule has 0 unspecified atom stereocenters. The third-order valence-electron chi connectivity index (χ3n) is 4.51. The zero-order chi connectivity index (χ0) is 17.0. The second-order valence-corrected chi connectivity index (χ2v) is 8.38. The van der Waals surface area contributed by atoms with Crippen LogP contribution in [0.3, 0.4) is 0 Å². The fourth-order valence-corrected chi connectivity index (χ4v) is 4.85. The number of hydrogen-bond donors (Lipinski definition) is 1. The summed E-state index contributed by atoms with van der Waals surface area (Å²) in [5.74, 6) is 0. The van der Waals surface area contributed by atoms with Gasteiger partial charge in [-0.25, -0.2) is 8.42 Å². The van der Waals surface area contributed by atoms with E-state index in [1.165, 1.54) is 0 Å². The first kappa shape index (κ1) is 17.1. The molecule has 3 rings (SSSR count). The van der Waals surface area contributed by atoms with Gasteiger partial charge >= 0.3 is 0 Å². The van der Waals surface area contributed by atoms with Crippen LogP contribution >= 0.6 is 0 Å². The van der Waals surface area contributed by atoms with E-state index in [0.717, 1.165) is 29.8 Å². The average molecular weight is 345 g/mol. The van der Waals surface area contributed by atoms with Gasteiger partial charge in [-0.2, -0.15) is 0 Å². The van der Waals surface area contributed by atoms with Gasteiger partial charge in [-0.3, -0.25) is 0 Å². The molecule has 0 spiro atoms. The molecule has 4 nitrogen and oxygen atoms in total. The van der Waals surface area contributed by atoms with Gasteiger partial charge in [0.15, 0.2) is 9.84 Å². The van der Waals surface area contributed by atoms with Crippen LogP contribution in [0.5, 0.6) is 0 Å². The van der Waals surface area contributed by atoms with E-state index >= 15 is 0 Å². The molecule has 1 aliphatic heterocycles. The molecule has 0 aromatic heterocycles. The minimum atomic E-state index is -3.23. The number of rotatable bonds is 5. The van der Waals surface area contributed by atoms with Gasteiger partial charge in [-0.05, 0) is 54.8 Å². The van der Waals surface area contributed by atoms with Gasteiger partial charge in [-0.1, -0.05) is 36.4 Å². The molecule has 2 aromatic carbocycles. The molecular formula is C19H23NO3S. The molecule has 0 radical (unpaired) electrons. The van der Waals surface area contributed by atoms with Gasteiger partial charge in [0.05, 0.1) is 16.8 Å². The second kappa shape index (κ2) is 7.47. The summed E-state index contributed by atoms with van der Waals surface area (Å²) in [5, 5.41) is 2.94. The van der Waals surface area contributed by atoms with Crippen molar-refractivity contribution in [1.82, 2.24) is 5.32 Å². The molecule has 0 amide bonds. The first-order valence-electron chi connectivity index (χ1n) is 8.24. The summed E-state index contributed by atoms with van der Waals surface area (Å²) in [4.78, 5) is 0.425. The maximum atomic E-state index is 12.7. The van der Waals surface area contributed by atoms with Gasteiger partial charge in [-0.15, -0.1) is 0 Å². The molecule has 1 aliphatic rings. The van der Waals surface area contributed by atoms with Crippen molar-refractivity contribution < 1.29 is 13.2 Å². The van der Waals surface area contributed by atoms with Gasteiger partial charge in [0.25, 0.3) is 0 Å². The first-order valence-corrected chi connectivity index (χ1v) is 9.79. The van der Waals surface area contributed by atoms with Crippen LogP contribution in [0.25, 0.3) is 11.1 Å². The van der Waals surface area contributed by atoms with E-state index in [2.05, 4.69) is 5.32 Å². The smallest absolute Gasteiger partial charge is 0.181 e. The maximum Gasteiger partial charge on any atom is 0.181 e. The van der Waals surface area contributed by atoms with E-state index in [-0.39, 0.29) is 5.25 Å². The molecule has 1 heterocycles. The molecule has 5 heteroatoms. The van der Waals surface area contributed by atoms with E-state index < -0.39 is 9.84 Å². The predicted molar refractivity (Wildman–Crippen MR) is 95.7 cm³/mol. The molecule has 1 N–H and O–H groups in total. The number of hydrogen-bond acceptors (Lipinski definition) is 4. The van der Waals surface area contributed by atoms with Crippen LogP contribution in [0.1, 0.15) is 18.4 Å². The highest BCUT2D eigenvalue weighted by atomic mass is 32.2. The SMILES string of the molecule is COCc1ccc(-c2ccc(S(=O)(=O)C3CCNCC3)cc2)cc1. The molecule has 0 atom stereocenters. The van der Waals surface area contributed by atoms with Crippen LogP contribution in [0.2, 0.25) is 0 Å². The topological polar surface area (TPSA) is 55.4 Å². The Hall–Kier alpha value is -1.69. The summed E-state index contributed by atoms with van der Waals surface area (Å²) >= 11 is 0. The van der Waals surface area contributed by atoms with Gasteiger partial charge in [0.1, 0.15) is 0 Å². The third-order valence-corrected chi connectivity index (χ3v) is 6.78. The van der Waals surface area contributed by atoms with E-state index in [9.17, 15) is 8.42 Å². The Morgan fingerprint density at radius 2 is 1.50 bits per heavy atom. The van der Waals surface area contributed by atoms with Crippen LogP contribution in [0, 0.1) is 0 Å². The lowest BCUT2D eigenvalue weighted by atomic mass is 10.0. The summed E-state index contributed by atoms with van der Waals surface area (Å²) in [5.41, 5.74) is 3.20. The lowest BCUT2D eigenvalue weighted by molar-refractivity contribution is 0.185. The summed E-state index contributed by atoms with van der Waals surface area (Å²) in [6.07, 6.45) is 1.37. The van der Waals surface area contributed by atoms with E-state index in [0.29, 0.717) is 24.3 Å². The lowest BCUT2D eigenvalue weighted by Crippen LogP contribution is -2.35. The van der Waals surface area contributed by atoms with Crippen LogP contribution in [-0.2, 0) is 21.2 Å². The fraction of sp³-hybridized carbons (Fsp3) is 0.368. The molecule has 0 bridgehead atoms. The Labute approximate surface area is 143 Å². The Morgan fingerprint density at radius 3 is 2.04 bits per heavy atom. The number of methoxy groups -OCH3 is 1. The monoisotopic (exact) mass is 345 g/mol. The normalized spacial score (nSPS) is 16.2. The van der Waals surface area contributed by atoms with Gasteiger partial charge < -0.3 is 10.1 Å². The number of sulfone groups is 1. The average Bonchev–Trinajstić information content (AvgIpc) is 2.63. The molecule has 0 saturated carbocycles. The first-order chi connectivity index (χ1) is 11.6. The highest BCUT2D eigenvalue weighted by Crippen LogP contribution is 2.26. The highest BCUT2D eigenvalue weighted by Gasteiger charge is 2.28. The molecule has 2 aromatic rings. The summed E-state index contributed by atoms with van der Waals surface area (Å²) in [6.45, 7) is 2.14. The van der Waals surface area contributed by atoms with Crippen molar-refractivity contribution in [1.29, 1.82) is 0 Å². The highest BCUT2D eigenvalue weighted by molar-refractivity contribution is 7.92. The van der Waals surface area contributed by atoms with Crippen molar-refractivity contribution in [2.75, 3.05) is 20.2 Å². The molecule has 128 valence electrons. The van der Waals surface area contributed by atoms with E-state index in [4.69, 9.17) is 4.74 Å². The number of nitrogens with one attached hydrogen (secondary N) is 1. The predicted octanol–water partition coefficient (Wildman–Crippen LogP) is 3.03. The van der Waals surface area contributed by atoms with Crippen molar-refractivity contribution in [3.05, 3.63) is 54.1 Å². The van der Waals surface area contributed by atoms with Gasteiger partial charge in [0, 0.05) is 7.11 Å². The van der Waals surface area contributed by atoms with Crippen molar-refractivity contribution in [2.24, 2.45) is 0 Å². The van der Waals surface area contributed by atoms with Crippen molar-refractivity contribution in [3.63, 3.8) is 0 Å². The Morgan fingerprint density at radius 1 is 0.958 bits per heavy atom. The van der Waals surface area contributed by atoms with Crippen LogP contribution < -0.4 is 5.32 Å². The maximum absolute atomic E-state index is 12.7. The quantitative estimate of drug-likeness (QED) is 0.905. The van der Waals surface area contributed by atoms with Crippen molar-refractivity contribution in [3.8, 4) is 11.1 Å². The molecular weight excluding hydrogens is 322 g/mol. The minimum Gasteiger partial charge on any atom is -0.380 e. The number of benzene rings is 2. The van der Waals surface area contributed by atoms with Crippen LogP contribution in [0.4, 0.5) is 0 Å². The van der Waals surface area contributed by atoms with Crippen molar-refractivity contribution >= 4 is 9.84 Å². The van der Waals surface area contributed by atoms with Crippen molar-refractivity contribution in [2.45, 2.75) is 29.6 Å². The Kier molecular flexibility index (Phi) is 5.33. The second-order valence-electron chi connectivity index (χ2n) is 6.15. The lowest BCUT2D eigenvalue weighted by Gasteiger charge is -2.22. The van der Waals surface area contributed by atoms with Crippen LogP contribution in [0.15, 0.2) is 53.4 Å². The number of piperidine rings is 1. The molecule has 1 saturated heterocycles. The largest absolute Gasteiger partial charge is 0.380 e. The molecule has 0 aliphatic carbocycles. The Balaban J connectivity index is 1.79. The zero-order valence-corrected chi connectivity index (χ0v) is 14.7. The number of ether oxygens (including phenoxy) is 1. The summed E-state index contributed by atoms with van der Waals surface area (Å²) in [7, 11) is -1.56. The Bertz CT molecular complexity index is 761. The molecule has 24 heavy (non-hydrogen) atoms. The standard InChI is InChI=1S/C19H23NO3S/c1-23-14-15-2-4-16(5-3-15)17-6-8-18(9-7-17)24(21,22)19-10-12-20-13-11-19/h2-9,19-20H,10-14H2,1H3. The minimum absolute atomic E-state index is 0.266. The summed E-state index contributed by atoms with van der Waals surface area (Å²) < 4.78 is 30.5. The fourth-order valence-electron chi connectivity index (χ4n) is 3.10. The summed E-state index contributed by atoms with van der Waals surface area (Å²) in [6, 6.07) is 15.4. The van der Waals surface area contributed by atoms with E-state index in [1.54, 1.807) is 19.2 Å². The van der Waals surface area contributed by atoms with E-state index in [1.807, 2.05) is 36.4 Å².